The van der Waals surface area contributed by atoms with E-state index in [0.717, 1.165) is 5.56 Å². The van der Waals surface area contributed by atoms with Gasteiger partial charge in [-0.1, -0.05) is 39.8 Å². The van der Waals surface area contributed by atoms with Gasteiger partial charge in [0.05, 0.1) is 31.8 Å². The minimum Gasteiger partial charge on any atom is -0.497 e. The molecule has 7 nitrogen and oxygen atoms in total. The van der Waals surface area contributed by atoms with Crippen LogP contribution in [-0.2, 0) is 25.3 Å². The molecule has 0 saturated carbocycles. The molecule has 1 aromatic carbocycles. The van der Waals surface area contributed by atoms with Crippen LogP contribution < -0.4 is 4.74 Å². The molecule has 39 heavy (non-hydrogen) atoms. The lowest BCUT2D eigenvalue weighted by atomic mass is 9.97. The van der Waals surface area contributed by atoms with Crippen LogP contribution in [-0.4, -0.2) is 62.6 Å². The molecule has 0 heterocycles. The second-order valence-electron chi connectivity index (χ2n) is 12.8. The predicted molar refractivity (Wildman–Crippen MR) is 155 cm³/mol. The van der Waals surface area contributed by atoms with Crippen LogP contribution in [0.15, 0.2) is 36.2 Å². The molecule has 0 aliphatic heterocycles. The number of aliphatic hydroxyl groups excluding tert-OH is 2. The minimum absolute atomic E-state index is 0.00309. The quantitative estimate of drug-likeness (QED) is 0.204. The largest absolute Gasteiger partial charge is 0.497 e. The Bertz CT molecular complexity index is 919. The molecule has 0 radical (unpaired) electrons. The highest BCUT2D eigenvalue weighted by molar-refractivity contribution is 6.74. The fraction of sp³-hybridized carbons (Fsp3) is 0.700. The number of halogens is 1. The monoisotopic (exact) mass is 570 g/mol. The van der Waals surface area contributed by atoms with Crippen molar-refractivity contribution in [1.29, 1.82) is 0 Å². The summed E-state index contributed by atoms with van der Waals surface area (Å²) in [6, 6.07) is 7.08. The normalized spacial score (nSPS) is 17.2. The highest BCUT2D eigenvalue weighted by Gasteiger charge is 2.39. The third-order valence-corrected chi connectivity index (χ3v) is 11.8. The zero-order valence-corrected chi connectivity index (χ0v) is 26.7. The Hall–Kier alpha value is -1.78. The Morgan fingerprint density at radius 1 is 1.05 bits per heavy atom. The summed E-state index contributed by atoms with van der Waals surface area (Å²) in [6.07, 6.45) is -3.34. The maximum absolute atomic E-state index is 15.7. The van der Waals surface area contributed by atoms with Crippen LogP contribution in [0, 0.1) is 11.3 Å². The smallest absolute Gasteiger partial charge is 0.311 e. The molecule has 0 amide bonds. The van der Waals surface area contributed by atoms with Gasteiger partial charge < -0.3 is 28.8 Å². The molecule has 0 spiro atoms. The second kappa shape index (κ2) is 14.7. The number of aliphatic hydroxyl groups is 2. The molecule has 224 valence electrons. The van der Waals surface area contributed by atoms with Crippen LogP contribution in [0.3, 0.4) is 0 Å². The lowest BCUT2D eigenvalue weighted by Crippen LogP contribution is -2.44. The first-order valence-corrected chi connectivity index (χ1v) is 16.5. The van der Waals surface area contributed by atoms with E-state index in [-0.39, 0.29) is 36.7 Å². The van der Waals surface area contributed by atoms with Crippen molar-refractivity contribution in [2.24, 2.45) is 11.3 Å². The van der Waals surface area contributed by atoms with Crippen LogP contribution in [0.4, 0.5) is 4.39 Å². The first-order chi connectivity index (χ1) is 17.8. The van der Waals surface area contributed by atoms with E-state index in [1.54, 1.807) is 52.1 Å². The number of benzene rings is 1. The van der Waals surface area contributed by atoms with Gasteiger partial charge in [0.15, 0.2) is 8.32 Å². The Morgan fingerprint density at radius 3 is 2.10 bits per heavy atom. The van der Waals surface area contributed by atoms with Gasteiger partial charge in [0.2, 0.25) is 0 Å². The molecular weight excluding hydrogens is 519 g/mol. The predicted octanol–water partition coefficient (Wildman–Crippen LogP) is 6.18. The van der Waals surface area contributed by atoms with E-state index in [1.807, 2.05) is 13.8 Å². The summed E-state index contributed by atoms with van der Waals surface area (Å²) in [7, 11) is -0.513. The molecule has 2 N–H and O–H groups in total. The highest BCUT2D eigenvalue weighted by atomic mass is 28.4. The molecule has 0 aliphatic carbocycles. The maximum Gasteiger partial charge on any atom is 0.311 e. The Labute approximate surface area is 235 Å². The summed E-state index contributed by atoms with van der Waals surface area (Å²) in [5.74, 6) is -0.762. The molecule has 0 unspecified atom stereocenters. The first kappa shape index (κ1) is 35.2. The van der Waals surface area contributed by atoms with Gasteiger partial charge in [0.25, 0.3) is 0 Å². The van der Waals surface area contributed by atoms with Crippen molar-refractivity contribution in [3.05, 3.63) is 41.7 Å². The minimum atomic E-state index is -2.08. The molecular formula is C30H51FO7Si. The van der Waals surface area contributed by atoms with Crippen LogP contribution in [0.25, 0.3) is 0 Å². The molecule has 9 heteroatoms. The van der Waals surface area contributed by atoms with Crippen molar-refractivity contribution in [2.75, 3.05) is 13.7 Å². The van der Waals surface area contributed by atoms with Crippen molar-refractivity contribution in [3.8, 4) is 5.75 Å². The summed E-state index contributed by atoms with van der Waals surface area (Å²) in [6.45, 7) is 19.5. The summed E-state index contributed by atoms with van der Waals surface area (Å²) in [5, 5.41) is 21.6. The molecule has 0 aromatic heterocycles. The second-order valence-corrected chi connectivity index (χ2v) is 17.6. The highest BCUT2D eigenvalue weighted by Crippen LogP contribution is 2.38. The fourth-order valence-electron chi connectivity index (χ4n) is 3.34. The van der Waals surface area contributed by atoms with Crippen LogP contribution >= 0.6 is 0 Å². The Morgan fingerprint density at radius 2 is 1.62 bits per heavy atom. The van der Waals surface area contributed by atoms with Gasteiger partial charge in [-0.05, 0) is 69.6 Å². The average Bonchev–Trinajstić information content (AvgIpc) is 2.82. The number of rotatable bonds is 14. The average molecular weight is 571 g/mol. The number of carbonyl (C=O) groups excluding carboxylic acids is 1. The van der Waals surface area contributed by atoms with Crippen molar-refractivity contribution in [3.63, 3.8) is 0 Å². The molecule has 5 atom stereocenters. The van der Waals surface area contributed by atoms with Gasteiger partial charge in [0, 0.05) is 18.4 Å². The van der Waals surface area contributed by atoms with Crippen molar-refractivity contribution in [1.82, 2.24) is 0 Å². The van der Waals surface area contributed by atoms with Gasteiger partial charge in [0.1, 0.15) is 23.8 Å². The van der Waals surface area contributed by atoms with E-state index >= 15 is 4.39 Å². The summed E-state index contributed by atoms with van der Waals surface area (Å²) in [4.78, 5) is 12.0. The molecule has 0 aliphatic rings. The zero-order chi connectivity index (χ0) is 30.2. The molecule has 0 fully saturated rings. The number of hydrogen-bond donors (Lipinski definition) is 2. The Balaban J connectivity index is 3.06. The number of carbonyl (C=O) groups is 1. The topological polar surface area (TPSA) is 94.5 Å². The molecule has 0 bridgehead atoms. The van der Waals surface area contributed by atoms with Gasteiger partial charge in [-0.15, -0.1) is 0 Å². The van der Waals surface area contributed by atoms with Crippen molar-refractivity contribution in [2.45, 2.75) is 111 Å². The van der Waals surface area contributed by atoms with Crippen LogP contribution in [0.2, 0.25) is 18.1 Å². The SMILES string of the molecule is COc1ccc(CO[C@H](/C(F)=C\[C@@H](C)[C@@H](C)O[Si](C)(C)C(C)(C)C)[C@@H](O)[C@@H](O)CCOC(=O)C(C)(C)C)cc1. The van der Waals surface area contributed by atoms with Gasteiger partial charge in [-0.3, -0.25) is 4.79 Å². The number of esters is 1. The van der Waals surface area contributed by atoms with Crippen molar-refractivity contribution >= 4 is 14.3 Å². The van der Waals surface area contributed by atoms with Gasteiger partial charge in [-0.25, -0.2) is 4.39 Å². The fourth-order valence-corrected chi connectivity index (χ4v) is 4.84. The van der Waals surface area contributed by atoms with Crippen molar-refractivity contribution < 1.29 is 38.0 Å². The summed E-state index contributed by atoms with van der Waals surface area (Å²) < 4.78 is 38.3. The maximum atomic E-state index is 15.7. The Kier molecular flexibility index (Phi) is 13.3. The lowest BCUT2D eigenvalue weighted by molar-refractivity contribution is -0.154. The molecule has 1 rings (SSSR count). The van der Waals surface area contributed by atoms with E-state index in [2.05, 4.69) is 33.9 Å². The van der Waals surface area contributed by atoms with E-state index in [9.17, 15) is 15.0 Å². The number of hydrogen-bond acceptors (Lipinski definition) is 7. The number of ether oxygens (including phenoxy) is 3. The molecule has 1 aromatic rings. The lowest BCUT2D eigenvalue weighted by Gasteiger charge is -2.39. The molecule has 0 saturated heterocycles. The summed E-state index contributed by atoms with van der Waals surface area (Å²) >= 11 is 0. The third-order valence-electron chi connectivity index (χ3n) is 7.27. The van der Waals surface area contributed by atoms with Crippen LogP contribution in [0.1, 0.15) is 67.4 Å². The van der Waals surface area contributed by atoms with Crippen LogP contribution in [0.5, 0.6) is 5.75 Å². The number of methoxy groups -OCH3 is 1. The van der Waals surface area contributed by atoms with E-state index in [4.69, 9.17) is 18.6 Å². The van der Waals surface area contributed by atoms with E-state index in [1.165, 1.54) is 6.08 Å². The van der Waals surface area contributed by atoms with E-state index in [0.29, 0.717) is 5.75 Å². The van der Waals surface area contributed by atoms with Gasteiger partial charge in [-0.2, -0.15) is 0 Å². The van der Waals surface area contributed by atoms with E-state index < -0.39 is 43.8 Å². The third kappa shape index (κ3) is 11.3. The van der Waals surface area contributed by atoms with Gasteiger partial charge >= 0.3 is 5.97 Å². The summed E-state index contributed by atoms with van der Waals surface area (Å²) in [5.41, 5.74) is 0.0546. The first-order valence-electron chi connectivity index (χ1n) is 13.6. The standard InChI is InChI=1S/C30H51FO7Si/c1-20(21(2)38-39(10,11)30(6,7)8)18-24(31)27(37-19-22-12-14-23(35-9)15-13-22)26(33)25(32)16-17-36-28(34)29(3,4)5/h12-15,18,20-21,25-27,32-33H,16-17,19H2,1-11H3/b24-18+/t20-,21-,25+,26+,27-/m1/s1. The zero-order valence-electron chi connectivity index (χ0n) is 25.7.